The maximum absolute atomic E-state index is 5.45. The quantitative estimate of drug-likeness (QED) is 0.703. The summed E-state index contributed by atoms with van der Waals surface area (Å²) in [7, 11) is 5.39. The summed E-state index contributed by atoms with van der Waals surface area (Å²) in [6.45, 7) is 2.22. The van der Waals surface area contributed by atoms with Crippen molar-refractivity contribution in [1.29, 1.82) is 0 Å². The van der Waals surface area contributed by atoms with Crippen molar-refractivity contribution in [3.05, 3.63) is 23.8 Å². The second-order valence-electron chi connectivity index (χ2n) is 4.38. The predicted octanol–water partition coefficient (Wildman–Crippen LogP) is 3.50. The zero-order valence-corrected chi connectivity index (χ0v) is 13.2. The molecule has 0 amide bonds. The van der Waals surface area contributed by atoms with Crippen LogP contribution in [0.3, 0.4) is 0 Å². The van der Waals surface area contributed by atoms with E-state index in [1.165, 1.54) is 18.6 Å². The van der Waals surface area contributed by atoms with Gasteiger partial charge < -0.3 is 14.8 Å². The third kappa shape index (κ3) is 4.96. The average Bonchev–Trinajstić information content (AvgIpc) is 2.47. The molecule has 19 heavy (non-hydrogen) atoms. The number of rotatable bonds is 9. The highest BCUT2D eigenvalue weighted by molar-refractivity contribution is 7.99. The second-order valence-corrected chi connectivity index (χ2v) is 5.53. The highest BCUT2D eigenvalue weighted by Gasteiger charge is 2.15. The van der Waals surface area contributed by atoms with Crippen LogP contribution < -0.4 is 14.8 Å². The number of ether oxygens (including phenoxy) is 2. The van der Waals surface area contributed by atoms with Gasteiger partial charge in [-0.05, 0) is 37.4 Å². The van der Waals surface area contributed by atoms with Crippen LogP contribution in [0.2, 0.25) is 0 Å². The normalized spacial score (nSPS) is 12.2. The molecule has 108 valence electrons. The van der Waals surface area contributed by atoms with E-state index in [1.807, 2.05) is 30.9 Å². The van der Waals surface area contributed by atoms with Gasteiger partial charge in [-0.15, -0.1) is 0 Å². The number of thioether (sulfide) groups is 1. The standard InChI is InChI=1S/C15H25NO2S/c1-5-6-9-19-11-14(16-2)13-10-12(17-3)7-8-15(13)18-4/h7-8,10,14,16H,5-6,9,11H2,1-4H3. The number of nitrogens with one attached hydrogen (secondary N) is 1. The van der Waals surface area contributed by atoms with Gasteiger partial charge in [0, 0.05) is 17.4 Å². The summed E-state index contributed by atoms with van der Waals surface area (Å²) in [4.78, 5) is 0. The van der Waals surface area contributed by atoms with Crippen LogP contribution in [0.4, 0.5) is 0 Å². The molecule has 0 aliphatic carbocycles. The molecule has 0 heterocycles. The molecule has 4 heteroatoms. The van der Waals surface area contributed by atoms with Gasteiger partial charge in [-0.2, -0.15) is 11.8 Å². The van der Waals surface area contributed by atoms with Crippen molar-refractivity contribution < 1.29 is 9.47 Å². The van der Waals surface area contributed by atoms with E-state index in [9.17, 15) is 0 Å². The number of unbranched alkanes of at least 4 members (excludes halogenated alkanes) is 1. The molecule has 0 bridgehead atoms. The second kappa shape index (κ2) is 9.10. The smallest absolute Gasteiger partial charge is 0.123 e. The molecule has 0 fully saturated rings. The lowest BCUT2D eigenvalue weighted by Gasteiger charge is -2.20. The number of benzene rings is 1. The van der Waals surface area contributed by atoms with Crippen LogP contribution in [0, 0.1) is 0 Å². The number of hydrogen-bond acceptors (Lipinski definition) is 4. The summed E-state index contributed by atoms with van der Waals surface area (Å²) in [6.07, 6.45) is 2.52. The van der Waals surface area contributed by atoms with E-state index in [0.29, 0.717) is 0 Å². The van der Waals surface area contributed by atoms with Crippen LogP contribution in [-0.2, 0) is 0 Å². The maximum atomic E-state index is 5.45. The molecule has 1 aromatic carbocycles. The Morgan fingerprint density at radius 2 is 2.05 bits per heavy atom. The Morgan fingerprint density at radius 3 is 2.63 bits per heavy atom. The summed E-state index contributed by atoms with van der Waals surface area (Å²) in [6, 6.07) is 6.24. The fourth-order valence-electron chi connectivity index (χ4n) is 1.89. The summed E-state index contributed by atoms with van der Waals surface area (Å²) >= 11 is 1.98. The molecule has 1 unspecified atom stereocenters. The van der Waals surface area contributed by atoms with Crippen molar-refractivity contribution in [3.8, 4) is 11.5 Å². The van der Waals surface area contributed by atoms with E-state index in [2.05, 4.69) is 18.3 Å². The van der Waals surface area contributed by atoms with E-state index in [-0.39, 0.29) is 6.04 Å². The Bertz CT molecular complexity index is 371. The summed E-state index contributed by atoms with van der Waals surface area (Å²) in [5.41, 5.74) is 1.16. The minimum atomic E-state index is 0.284. The molecule has 0 spiro atoms. The first-order valence-electron chi connectivity index (χ1n) is 6.73. The van der Waals surface area contributed by atoms with Crippen LogP contribution in [0.25, 0.3) is 0 Å². The highest BCUT2D eigenvalue weighted by Crippen LogP contribution is 2.31. The predicted molar refractivity (Wildman–Crippen MR) is 83.6 cm³/mol. The molecular weight excluding hydrogens is 258 g/mol. The molecule has 1 rings (SSSR count). The Morgan fingerprint density at radius 1 is 1.26 bits per heavy atom. The van der Waals surface area contributed by atoms with Crippen LogP contribution >= 0.6 is 11.8 Å². The van der Waals surface area contributed by atoms with Gasteiger partial charge in [0.25, 0.3) is 0 Å². The van der Waals surface area contributed by atoms with Gasteiger partial charge in [0.1, 0.15) is 11.5 Å². The van der Waals surface area contributed by atoms with Gasteiger partial charge in [-0.1, -0.05) is 13.3 Å². The largest absolute Gasteiger partial charge is 0.497 e. The monoisotopic (exact) mass is 283 g/mol. The third-order valence-corrected chi connectivity index (χ3v) is 4.23. The van der Waals surface area contributed by atoms with Gasteiger partial charge in [-0.25, -0.2) is 0 Å². The van der Waals surface area contributed by atoms with E-state index in [1.54, 1.807) is 14.2 Å². The minimum absolute atomic E-state index is 0.284. The van der Waals surface area contributed by atoms with E-state index < -0.39 is 0 Å². The fourth-order valence-corrected chi connectivity index (χ4v) is 3.13. The van der Waals surface area contributed by atoms with Gasteiger partial charge >= 0.3 is 0 Å². The van der Waals surface area contributed by atoms with Gasteiger partial charge in [-0.3, -0.25) is 0 Å². The van der Waals surface area contributed by atoms with Crippen molar-refractivity contribution in [2.45, 2.75) is 25.8 Å². The lowest BCUT2D eigenvalue weighted by molar-refractivity contribution is 0.394. The Labute approximate surface area is 121 Å². The van der Waals surface area contributed by atoms with Gasteiger partial charge in [0.15, 0.2) is 0 Å². The first kappa shape index (κ1) is 16.2. The first-order valence-corrected chi connectivity index (χ1v) is 7.89. The maximum Gasteiger partial charge on any atom is 0.123 e. The topological polar surface area (TPSA) is 30.5 Å². The van der Waals surface area contributed by atoms with Gasteiger partial charge in [0.2, 0.25) is 0 Å². The van der Waals surface area contributed by atoms with Crippen molar-refractivity contribution in [2.24, 2.45) is 0 Å². The molecular formula is C15H25NO2S. The van der Waals surface area contributed by atoms with Crippen molar-refractivity contribution >= 4 is 11.8 Å². The van der Waals surface area contributed by atoms with Crippen LogP contribution in [-0.4, -0.2) is 32.8 Å². The lowest BCUT2D eigenvalue weighted by Crippen LogP contribution is -2.19. The Hall–Kier alpha value is -0.870. The van der Waals surface area contributed by atoms with Crippen LogP contribution in [0.15, 0.2) is 18.2 Å². The van der Waals surface area contributed by atoms with E-state index in [4.69, 9.17) is 9.47 Å². The minimum Gasteiger partial charge on any atom is -0.497 e. The number of hydrogen-bond donors (Lipinski definition) is 1. The first-order chi connectivity index (χ1) is 9.26. The molecule has 1 atom stereocenters. The van der Waals surface area contributed by atoms with E-state index >= 15 is 0 Å². The SMILES string of the molecule is CCCCSCC(NC)c1cc(OC)ccc1OC. The van der Waals surface area contributed by atoms with Crippen LogP contribution in [0.5, 0.6) is 11.5 Å². The van der Waals surface area contributed by atoms with E-state index in [0.717, 1.165) is 22.8 Å². The Balaban J connectivity index is 2.77. The molecule has 1 aromatic rings. The molecule has 3 nitrogen and oxygen atoms in total. The van der Waals surface area contributed by atoms with Crippen molar-refractivity contribution in [3.63, 3.8) is 0 Å². The molecule has 0 aliphatic heterocycles. The molecule has 0 saturated carbocycles. The molecule has 0 aliphatic rings. The van der Waals surface area contributed by atoms with Crippen molar-refractivity contribution in [1.82, 2.24) is 5.32 Å². The summed E-state index contributed by atoms with van der Waals surface area (Å²) in [5.74, 6) is 4.03. The molecule has 0 aromatic heterocycles. The van der Waals surface area contributed by atoms with Crippen molar-refractivity contribution in [2.75, 3.05) is 32.8 Å². The zero-order chi connectivity index (χ0) is 14.1. The molecule has 0 radical (unpaired) electrons. The molecule has 0 saturated heterocycles. The number of methoxy groups -OCH3 is 2. The lowest BCUT2D eigenvalue weighted by atomic mass is 10.1. The highest BCUT2D eigenvalue weighted by atomic mass is 32.2. The van der Waals surface area contributed by atoms with Gasteiger partial charge in [0.05, 0.1) is 14.2 Å². The van der Waals surface area contributed by atoms with Crippen LogP contribution in [0.1, 0.15) is 31.4 Å². The Kier molecular flexibility index (Phi) is 7.75. The fraction of sp³-hybridized carbons (Fsp3) is 0.600. The zero-order valence-electron chi connectivity index (χ0n) is 12.4. The summed E-state index contributed by atoms with van der Waals surface area (Å²) < 4.78 is 10.8. The molecule has 1 N–H and O–H groups in total. The third-order valence-electron chi connectivity index (χ3n) is 3.09. The summed E-state index contributed by atoms with van der Waals surface area (Å²) in [5, 5.41) is 3.36. The average molecular weight is 283 g/mol.